The van der Waals surface area contributed by atoms with Gasteiger partial charge in [-0.1, -0.05) is 18.2 Å². The van der Waals surface area contributed by atoms with Gasteiger partial charge in [0.05, 0.1) is 11.9 Å². The first kappa shape index (κ1) is 25.0. The zero-order valence-electron chi connectivity index (χ0n) is 19.7. The third-order valence-electron chi connectivity index (χ3n) is 5.97. The van der Waals surface area contributed by atoms with Crippen molar-refractivity contribution in [1.82, 2.24) is 30.0 Å². The Morgan fingerprint density at radius 2 is 1.92 bits per heavy atom. The standard InChI is InChI=1S/C22H20N8O.C2HF3O2/c23-20-18-19(14-3-4-17-16(8-14)28-22(24)31-17)29-30(21(18)27-11-26-20)10-12-1-2-15-9-25-6-5-13(15)7-12;3-2(4,5)1(6)7/h1-4,7-8,11,25H,5-6,9-10H2,(H2,24,28)(H2,23,26,27);(H,6,7). The van der Waals surface area contributed by atoms with E-state index in [9.17, 15) is 13.2 Å². The summed E-state index contributed by atoms with van der Waals surface area (Å²) in [5, 5.41) is 16.1. The predicted molar refractivity (Wildman–Crippen MR) is 132 cm³/mol. The number of aromatic nitrogens is 5. The van der Waals surface area contributed by atoms with Crippen LogP contribution in [0.2, 0.25) is 0 Å². The van der Waals surface area contributed by atoms with Crippen LogP contribution in [0.25, 0.3) is 33.4 Å². The van der Waals surface area contributed by atoms with Gasteiger partial charge in [-0.05, 0) is 47.9 Å². The highest BCUT2D eigenvalue weighted by molar-refractivity contribution is 5.99. The van der Waals surface area contributed by atoms with Crippen molar-refractivity contribution in [1.29, 1.82) is 0 Å². The van der Waals surface area contributed by atoms with Crippen LogP contribution < -0.4 is 16.8 Å². The van der Waals surface area contributed by atoms with Gasteiger partial charge in [0.2, 0.25) is 0 Å². The lowest BCUT2D eigenvalue weighted by Gasteiger charge is -2.18. The molecule has 4 heterocycles. The number of alkyl halides is 3. The van der Waals surface area contributed by atoms with Gasteiger partial charge in [-0.25, -0.2) is 19.4 Å². The van der Waals surface area contributed by atoms with Gasteiger partial charge >= 0.3 is 12.1 Å². The summed E-state index contributed by atoms with van der Waals surface area (Å²) in [6.45, 7) is 2.51. The summed E-state index contributed by atoms with van der Waals surface area (Å²) >= 11 is 0. The number of nitrogens with zero attached hydrogens (tertiary/aromatic N) is 5. The summed E-state index contributed by atoms with van der Waals surface area (Å²) in [5.41, 5.74) is 19.4. The van der Waals surface area contributed by atoms with Gasteiger partial charge in [0, 0.05) is 12.1 Å². The molecule has 2 aromatic carbocycles. The van der Waals surface area contributed by atoms with E-state index < -0.39 is 12.1 Å². The number of carboxylic acid groups (broad SMARTS) is 1. The van der Waals surface area contributed by atoms with Crippen molar-refractivity contribution < 1.29 is 27.5 Å². The molecule has 0 amide bonds. The molecule has 0 radical (unpaired) electrons. The van der Waals surface area contributed by atoms with Crippen molar-refractivity contribution in [3.8, 4) is 11.3 Å². The highest BCUT2D eigenvalue weighted by Gasteiger charge is 2.38. The second kappa shape index (κ2) is 9.63. The third kappa shape index (κ3) is 4.93. The molecule has 11 nitrogen and oxygen atoms in total. The van der Waals surface area contributed by atoms with E-state index in [1.807, 2.05) is 22.9 Å². The summed E-state index contributed by atoms with van der Waals surface area (Å²) in [7, 11) is 0. The van der Waals surface area contributed by atoms with E-state index in [-0.39, 0.29) is 6.01 Å². The molecule has 0 saturated heterocycles. The van der Waals surface area contributed by atoms with E-state index in [1.54, 1.807) is 0 Å². The zero-order chi connectivity index (χ0) is 27.0. The number of oxazole rings is 1. The number of halogens is 3. The summed E-state index contributed by atoms with van der Waals surface area (Å²) in [4.78, 5) is 21.8. The van der Waals surface area contributed by atoms with Crippen LogP contribution in [0.1, 0.15) is 16.7 Å². The Morgan fingerprint density at radius 3 is 2.68 bits per heavy atom. The van der Waals surface area contributed by atoms with Crippen LogP contribution in [-0.4, -0.2) is 48.5 Å². The first-order valence-corrected chi connectivity index (χ1v) is 11.3. The summed E-state index contributed by atoms with van der Waals surface area (Å²) in [5.74, 6) is -2.37. The van der Waals surface area contributed by atoms with Crippen LogP contribution in [-0.2, 0) is 24.3 Å². The lowest BCUT2D eigenvalue weighted by atomic mass is 9.98. The molecule has 0 bridgehead atoms. The fourth-order valence-corrected chi connectivity index (χ4v) is 4.24. The average Bonchev–Trinajstić information content (AvgIpc) is 3.43. The molecule has 0 spiro atoms. The predicted octanol–water partition coefficient (Wildman–Crippen LogP) is 3.13. The summed E-state index contributed by atoms with van der Waals surface area (Å²) in [6.07, 6.45) is -2.58. The number of nitrogen functional groups attached to an aromatic ring is 2. The second-order valence-corrected chi connectivity index (χ2v) is 8.53. The van der Waals surface area contributed by atoms with Gasteiger partial charge in [-0.3, -0.25) is 0 Å². The number of benzene rings is 2. The van der Waals surface area contributed by atoms with Crippen molar-refractivity contribution in [3.63, 3.8) is 0 Å². The molecule has 196 valence electrons. The molecule has 0 atom stereocenters. The van der Waals surface area contributed by atoms with E-state index in [4.69, 9.17) is 30.9 Å². The van der Waals surface area contributed by atoms with E-state index in [2.05, 4.69) is 38.5 Å². The van der Waals surface area contributed by atoms with Crippen LogP contribution in [0, 0.1) is 0 Å². The molecule has 14 heteroatoms. The van der Waals surface area contributed by atoms with Gasteiger partial charge < -0.3 is 26.3 Å². The quantitative estimate of drug-likeness (QED) is 0.274. The maximum absolute atomic E-state index is 10.6. The first-order valence-electron chi connectivity index (χ1n) is 11.3. The molecule has 5 aromatic rings. The third-order valence-corrected chi connectivity index (χ3v) is 5.97. The minimum Gasteiger partial charge on any atom is -0.475 e. The summed E-state index contributed by atoms with van der Waals surface area (Å²) in [6, 6.07) is 12.4. The van der Waals surface area contributed by atoms with Gasteiger partial charge in [-0.15, -0.1) is 0 Å². The molecule has 0 saturated carbocycles. The molecular weight excluding hydrogens is 505 g/mol. The Hall–Kier alpha value is -4.72. The summed E-state index contributed by atoms with van der Waals surface area (Å²) < 4.78 is 39.0. The Bertz CT molecular complexity index is 1660. The Kier molecular flexibility index (Phi) is 6.32. The Balaban J connectivity index is 0.000000374. The van der Waals surface area contributed by atoms with E-state index in [1.165, 1.54) is 23.0 Å². The zero-order valence-corrected chi connectivity index (χ0v) is 19.7. The largest absolute Gasteiger partial charge is 0.490 e. The number of fused-ring (bicyclic) bond motifs is 3. The Labute approximate surface area is 212 Å². The molecule has 38 heavy (non-hydrogen) atoms. The highest BCUT2D eigenvalue weighted by atomic mass is 19.4. The number of hydrogen-bond acceptors (Lipinski definition) is 9. The van der Waals surface area contributed by atoms with Gasteiger partial charge in [0.1, 0.15) is 23.4 Å². The molecule has 0 aliphatic carbocycles. The molecule has 6 rings (SSSR count). The average molecular weight is 526 g/mol. The van der Waals surface area contributed by atoms with Gasteiger partial charge in [-0.2, -0.15) is 23.3 Å². The number of hydrogen-bond donors (Lipinski definition) is 4. The van der Waals surface area contributed by atoms with Crippen LogP contribution >= 0.6 is 0 Å². The normalized spacial score (nSPS) is 13.2. The van der Waals surface area contributed by atoms with Crippen LogP contribution in [0.5, 0.6) is 0 Å². The number of anilines is 2. The fraction of sp³-hybridized carbons (Fsp3) is 0.208. The van der Waals surface area contributed by atoms with Crippen LogP contribution in [0.15, 0.2) is 47.1 Å². The topological polar surface area (TPSA) is 171 Å². The minimum absolute atomic E-state index is 0.132. The van der Waals surface area contributed by atoms with E-state index in [0.717, 1.165) is 30.5 Å². The number of nitrogens with one attached hydrogen (secondary N) is 1. The maximum Gasteiger partial charge on any atom is 0.490 e. The van der Waals surface area contributed by atoms with Crippen molar-refractivity contribution in [2.45, 2.75) is 25.7 Å². The number of carbonyl (C=O) groups is 1. The molecule has 0 fully saturated rings. The molecule has 1 aliphatic heterocycles. The number of aliphatic carboxylic acids is 1. The van der Waals surface area contributed by atoms with Gasteiger partial charge in [0.15, 0.2) is 11.2 Å². The second-order valence-electron chi connectivity index (χ2n) is 8.53. The van der Waals surface area contributed by atoms with E-state index in [0.29, 0.717) is 34.8 Å². The Morgan fingerprint density at radius 1 is 1.13 bits per heavy atom. The number of nitrogens with two attached hydrogens (primary N) is 2. The maximum atomic E-state index is 10.6. The van der Waals surface area contributed by atoms with Crippen LogP contribution in [0.3, 0.4) is 0 Å². The molecule has 0 unspecified atom stereocenters. The van der Waals surface area contributed by atoms with Crippen molar-refractivity contribution >= 4 is 39.9 Å². The SMILES string of the molecule is Nc1nc2cc(-c3nn(Cc4ccc5c(c4)CCNC5)c4ncnc(N)c34)ccc2o1.O=C(O)C(F)(F)F. The monoisotopic (exact) mass is 526 g/mol. The lowest BCUT2D eigenvalue weighted by molar-refractivity contribution is -0.192. The van der Waals surface area contributed by atoms with Gasteiger partial charge in [0.25, 0.3) is 6.01 Å². The lowest BCUT2D eigenvalue weighted by Crippen LogP contribution is -2.23. The first-order chi connectivity index (χ1) is 18.1. The molecule has 1 aliphatic rings. The number of carboxylic acids is 1. The van der Waals surface area contributed by atoms with Crippen molar-refractivity contribution in [2.75, 3.05) is 18.0 Å². The molecular formula is C24H21F3N8O3. The minimum atomic E-state index is -5.08. The van der Waals surface area contributed by atoms with Crippen molar-refractivity contribution in [3.05, 3.63) is 59.4 Å². The molecule has 6 N–H and O–H groups in total. The molecule has 3 aromatic heterocycles. The fourth-order valence-electron chi connectivity index (χ4n) is 4.24. The number of rotatable bonds is 3. The van der Waals surface area contributed by atoms with Crippen molar-refractivity contribution in [2.24, 2.45) is 0 Å². The highest BCUT2D eigenvalue weighted by Crippen LogP contribution is 2.32. The smallest absolute Gasteiger partial charge is 0.475 e. The van der Waals surface area contributed by atoms with Crippen LogP contribution in [0.4, 0.5) is 25.0 Å². The van der Waals surface area contributed by atoms with E-state index >= 15 is 0 Å².